The van der Waals surface area contributed by atoms with Crippen molar-refractivity contribution in [1.29, 1.82) is 0 Å². The molecule has 2 fully saturated rings. The van der Waals surface area contributed by atoms with E-state index in [0.29, 0.717) is 19.7 Å². The Labute approximate surface area is 158 Å². The molecular formula is C18H24N4O4S. The van der Waals surface area contributed by atoms with Crippen LogP contribution in [0.5, 0.6) is 0 Å². The summed E-state index contributed by atoms with van der Waals surface area (Å²) in [6.07, 6.45) is 0. The van der Waals surface area contributed by atoms with Crippen LogP contribution >= 0.6 is 0 Å². The molecule has 1 aromatic heterocycles. The molecule has 4 rings (SSSR count). The van der Waals surface area contributed by atoms with E-state index < -0.39 is 15.4 Å². The van der Waals surface area contributed by atoms with E-state index >= 15 is 0 Å². The lowest BCUT2D eigenvalue weighted by molar-refractivity contribution is -0.131. The monoisotopic (exact) mass is 392 g/mol. The minimum absolute atomic E-state index is 0.0398. The summed E-state index contributed by atoms with van der Waals surface area (Å²) >= 11 is 0. The number of carbonyl (C=O) groups is 1. The smallest absolute Gasteiger partial charge is 0.230 e. The molecule has 2 atom stereocenters. The van der Waals surface area contributed by atoms with E-state index in [4.69, 9.17) is 4.74 Å². The quantitative estimate of drug-likeness (QED) is 0.799. The molecule has 3 heterocycles. The predicted octanol–water partition coefficient (Wildman–Crippen LogP) is 0.488. The predicted molar refractivity (Wildman–Crippen MR) is 100 cm³/mol. The number of aromatic nitrogens is 2. The maximum Gasteiger partial charge on any atom is 0.230 e. The molecule has 0 aliphatic carbocycles. The molecule has 2 aromatic rings. The normalized spacial score (nSPS) is 25.8. The van der Waals surface area contributed by atoms with Crippen molar-refractivity contribution in [3.05, 3.63) is 30.1 Å². The SMILES string of the molecule is CCS(=O)(=O)N1C[C@@H]2COC[C@]2(C(=O)NCc2nc3ccccc3n2C)C1. The highest BCUT2D eigenvalue weighted by molar-refractivity contribution is 7.89. The lowest BCUT2D eigenvalue weighted by atomic mass is 9.80. The molecule has 1 aromatic carbocycles. The lowest BCUT2D eigenvalue weighted by Crippen LogP contribution is -2.47. The number of aryl methyl sites for hydroxylation is 1. The molecule has 1 amide bonds. The molecule has 2 aliphatic heterocycles. The first-order valence-corrected chi connectivity index (χ1v) is 10.7. The Balaban J connectivity index is 1.52. The summed E-state index contributed by atoms with van der Waals surface area (Å²) in [6.45, 7) is 3.10. The number of benzene rings is 1. The van der Waals surface area contributed by atoms with Gasteiger partial charge in [0.15, 0.2) is 0 Å². The van der Waals surface area contributed by atoms with Crippen molar-refractivity contribution >= 4 is 27.0 Å². The van der Waals surface area contributed by atoms with Gasteiger partial charge >= 0.3 is 0 Å². The molecule has 0 spiro atoms. The Morgan fingerprint density at radius 3 is 2.93 bits per heavy atom. The van der Waals surface area contributed by atoms with Crippen molar-refractivity contribution in [3.8, 4) is 0 Å². The molecule has 0 unspecified atom stereocenters. The number of hydrogen-bond acceptors (Lipinski definition) is 5. The number of rotatable bonds is 5. The zero-order valence-corrected chi connectivity index (χ0v) is 16.3. The Morgan fingerprint density at radius 1 is 1.41 bits per heavy atom. The number of hydrogen-bond donors (Lipinski definition) is 1. The maximum atomic E-state index is 13.1. The molecule has 8 nitrogen and oxygen atoms in total. The summed E-state index contributed by atoms with van der Waals surface area (Å²) in [7, 11) is -1.40. The number of fused-ring (bicyclic) bond motifs is 2. The summed E-state index contributed by atoms with van der Waals surface area (Å²) in [5.41, 5.74) is 1.07. The summed E-state index contributed by atoms with van der Waals surface area (Å²) in [6, 6.07) is 7.80. The number of imidazole rings is 1. The van der Waals surface area contributed by atoms with Gasteiger partial charge in [-0.1, -0.05) is 12.1 Å². The third-order valence-corrected chi connectivity index (χ3v) is 7.63. The van der Waals surface area contributed by atoms with E-state index in [1.807, 2.05) is 35.9 Å². The van der Waals surface area contributed by atoms with Gasteiger partial charge < -0.3 is 14.6 Å². The van der Waals surface area contributed by atoms with Crippen molar-refractivity contribution in [1.82, 2.24) is 19.2 Å². The highest BCUT2D eigenvalue weighted by Crippen LogP contribution is 2.42. The van der Waals surface area contributed by atoms with E-state index in [1.54, 1.807) is 6.92 Å². The molecule has 2 aliphatic rings. The van der Waals surface area contributed by atoms with Crippen LogP contribution in [0.1, 0.15) is 12.7 Å². The van der Waals surface area contributed by atoms with E-state index in [2.05, 4.69) is 10.3 Å². The second kappa shape index (κ2) is 6.57. The molecule has 0 saturated carbocycles. The first-order valence-electron chi connectivity index (χ1n) is 9.11. The highest BCUT2D eigenvalue weighted by Gasteiger charge is 2.57. The molecule has 27 heavy (non-hydrogen) atoms. The Hall–Kier alpha value is -1.97. The van der Waals surface area contributed by atoms with Crippen LogP contribution in [0, 0.1) is 11.3 Å². The van der Waals surface area contributed by atoms with Gasteiger partial charge in [0, 0.05) is 26.1 Å². The summed E-state index contributed by atoms with van der Waals surface area (Å²) in [5.74, 6) is 0.524. The van der Waals surface area contributed by atoms with Crippen LogP contribution in [0.25, 0.3) is 11.0 Å². The third-order valence-electron chi connectivity index (χ3n) is 5.84. The second-order valence-corrected chi connectivity index (χ2v) is 9.58. The summed E-state index contributed by atoms with van der Waals surface area (Å²) in [5, 5.41) is 2.97. The Bertz CT molecular complexity index is 986. The molecule has 0 bridgehead atoms. The van der Waals surface area contributed by atoms with E-state index in [0.717, 1.165) is 16.9 Å². The van der Waals surface area contributed by atoms with Crippen molar-refractivity contribution in [3.63, 3.8) is 0 Å². The van der Waals surface area contributed by atoms with Crippen LogP contribution in [-0.2, 0) is 33.1 Å². The molecule has 146 valence electrons. The number of para-hydroxylation sites is 2. The van der Waals surface area contributed by atoms with Crippen molar-refractivity contribution < 1.29 is 17.9 Å². The van der Waals surface area contributed by atoms with E-state index in [1.165, 1.54) is 4.31 Å². The first kappa shape index (κ1) is 18.4. The number of carbonyl (C=O) groups excluding carboxylic acids is 1. The minimum Gasteiger partial charge on any atom is -0.380 e. The fourth-order valence-electron chi connectivity index (χ4n) is 4.09. The van der Waals surface area contributed by atoms with Crippen LogP contribution in [0.4, 0.5) is 0 Å². The van der Waals surface area contributed by atoms with Crippen LogP contribution in [0.15, 0.2) is 24.3 Å². The van der Waals surface area contributed by atoms with Gasteiger partial charge in [0.1, 0.15) is 5.82 Å². The third kappa shape index (κ3) is 2.94. The lowest BCUT2D eigenvalue weighted by Gasteiger charge is -2.25. The largest absolute Gasteiger partial charge is 0.380 e. The zero-order valence-electron chi connectivity index (χ0n) is 15.5. The van der Waals surface area contributed by atoms with Gasteiger partial charge in [0.2, 0.25) is 15.9 Å². The molecule has 2 saturated heterocycles. The van der Waals surface area contributed by atoms with Crippen LogP contribution in [0.3, 0.4) is 0 Å². The van der Waals surface area contributed by atoms with Gasteiger partial charge in [-0.15, -0.1) is 0 Å². The minimum atomic E-state index is -3.32. The average molecular weight is 392 g/mol. The van der Waals surface area contributed by atoms with Crippen molar-refractivity contribution in [2.45, 2.75) is 13.5 Å². The molecule has 0 radical (unpaired) electrons. The first-order chi connectivity index (χ1) is 12.9. The number of nitrogens with zero attached hydrogens (tertiary/aromatic N) is 3. The second-order valence-electron chi connectivity index (χ2n) is 7.32. The van der Waals surface area contributed by atoms with Gasteiger partial charge in [-0.2, -0.15) is 0 Å². The van der Waals surface area contributed by atoms with Crippen molar-refractivity contribution in [2.24, 2.45) is 18.4 Å². The standard InChI is InChI=1S/C18H24N4O4S/c1-3-27(24,25)22-9-13-10-26-12-18(13,11-22)17(23)19-8-16-20-14-6-4-5-7-15(14)21(16)2/h4-7,13H,3,8-12H2,1-2H3,(H,19,23)/t13-,18-/m1/s1. The van der Waals surface area contributed by atoms with Crippen molar-refractivity contribution in [2.75, 3.05) is 32.1 Å². The van der Waals surface area contributed by atoms with E-state index in [9.17, 15) is 13.2 Å². The molecular weight excluding hydrogens is 368 g/mol. The number of sulfonamides is 1. The van der Waals surface area contributed by atoms with Gasteiger partial charge in [-0.25, -0.2) is 17.7 Å². The van der Waals surface area contributed by atoms with Gasteiger partial charge in [-0.3, -0.25) is 4.79 Å². The fourth-order valence-corrected chi connectivity index (χ4v) is 5.29. The van der Waals surface area contributed by atoms with Crippen LogP contribution < -0.4 is 5.32 Å². The van der Waals surface area contributed by atoms with E-state index in [-0.39, 0.29) is 30.7 Å². The zero-order chi connectivity index (χ0) is 19.2. The van der Waals surface area contributed by atoms with Crippen LogP contribution in [-0.4, -0.2) is 60.2 Å². The highest BCUT2D eigenvalue weighted by atomic mass is 32.2. The Morgan fingerprint density at radius 2 is 2.19 bits per heavy atom. The van der Waals surface area contributed by atoms with Gasteiger partial charge in [0.05, 0.1) is 42.0 Å². The topological polar surface area (TPSA) is 93.5 Å². The maximum absolute atomic E-state index is 13.1. The number of amides is 1. The molecule has 9 heteroatoms. The van der Waals surface area contributed by atoms with Gasteiger partial charge in [0.25, 0.3) is 0 Å². The van der Waals surface area contributed by atoms with Crippen LogP contribution in [0.2, 0.25) is 0 Å². The fraction of sp³-hybridized carbons (Fsp3) is 0.556. The summed E-state index contributed by atoms with van der Waals surface area (Å²) < 4.78 is 33.5. The number of nitrogens with one attached hydrogen (secondary N) is 1. The Kier molecular flexibility index (Phi) is 4.48. The van der Waals surface area contributed by atoms with Gasteiger partial charge in [-0.05, 0) is 19.1 Å². The molecule has 1 N–H and O–H groups in total. The average Bonchev–Trinajstić information content (AvgIpc) is 3.31. The number of ether oxygens (including phenoxy) is 1. The summed E-state index contributed by atoms with van der Waals surface area (Å²) in [4.78, 5) is 17.6.